The van der Waals surface area contributed by atoms with Gasteiger partial charge in [0, 0.05) is 26.6 Å². The van der Waals surface area contributed by atoms with Crippen LogP contribution in [-0.4, -0.2) is 77.9 Å². The van der Waals surface area contributed by atoms with E-state index < -0.39 is 41.7 Å². The molecule has 1 aromatic carbocycles. The lowest BCUT2D eigenvalue weighted by atomic mass is 9.71. The number of hydrogen-bond acceptors (Lipinski definition) is 6. The molecule has 0 radical (unpaired) electrons. The van der Waals surface area contributed by atoms with E-state index in [-0.39, 0.29) is 37.7 Å². The number of unbranched alkanes of at least 4 members (excludes halogenated alkanes) is 1. The maximum atomic E-state index is 13.7. The third kappa shape index (κ3) is 8.28. The van der Waals surface area contributed by atoms with Crippen molar-refractivity contribution >= 4 is 29.6 Å². The number of nitrogens with zero attached hydrogens (tertiary/aromatic N) is 1. The number of likely N-dealkylation sites (tertiary alicyclic amines) is 1. The number of aliphatic carboxylic acids is 1. The monoisotopic (exact) mass is 517 g/mol. The third-order valence-electron chi connectivity index (χ3n) is 6.66. The zero-order valence-electron chi connectivity index (χ0n) is 21.6. The molecule has 1 aromatic rings. The van der Waals surface area contributed by atoms with Gasteiger partial charge in [0.25, 0.3) is 0 Å². The van der Waals surface area contributed by atoms with Crippen molar-refractivity contribution in [1.29, 1.82) is 0 Å². The van der Waals surface area contributed by atoms with Crippen LogP contribution in [0.2, 0.25) is 0 Å². The number of benzene rings is 1. The molecule has 11 heteroatoms. The van der Waals surface area contributed by atoms with Crippen molar-refractivity contribution in [1.82, 2.24) is 20.9 Å². The van der Waals surface area contributed by atoms with Crippen LogP contribution in [0, 0.1) is 0 Å². The lowest BCUT2D eigenvalue weighted by Crippen LogP contribution is -2.58. The van der Waals surface area contributed by atoms with E-state index >= 15 is 0 Å². The zero-order valence-corrected chi connectivity index (χ0v) is 21.6. The number of hydrogen-bond donors (Lipinski definition) is 5. The topological polar surface area (TPSA) is 171 Å². The van der Waals surface area contributed by atoms with Gasteiger partial charge in [-0.05, 0) is 51.1 Å². The molecule has 1 aliphatic rings. The molecule has 1 aliphatic heterocycles. The second-order valence-corrected chi connectivity index (χ2v) is 9.33. The van der Waals surface area contributed by atoms with Crippen LogP contribution in [-0.2, 0) is 29.4 Å². The first-order valence-corrected chi connectivity index (χ1v) is 12.8. The molecule has 4 amide bonds. The van der Waals surface area contributed by atoms with Gasteiger partial charge in [0.2, 0.25) is 23.6 Å². The molecule has 0 spiro atoms. The summed E-state index contributed by atoms with van der Waals surface area (Å²) >= 11 is 0. The van der Waals surface area contributed by atoms with Crippen LogP contribution < -0.4 is 21.7 Å². The maximum Gasteiger partial charge on any atom is 0.305 e. The molecule has 1 saturated heterocycles. The van der Waals surface area contributed by atoms with Gasteiger partial charge < -0.3 is 31.7 Å². The molecule has 2 atom stereocenters. The van der Waals surface area contributed by atoms with Gasteiger partial charge in [-0.3, -0.25) is 24.0 Å². The largest absolute Gasteiger partial charge is 0.481 e. The van der Waals surface area contributed by atoms with Crippen LogP contribution in [0.4, 0.5) is 0 Å². The van der Waals surface area contributed by atoms with Gasteiger partial charge in [-0.2, -0.15) is 0 Å². The Morgan fingerprint density at radius 1 is 1.03 bits per heavy atom. The lowest BCUT2D eigenvalue weighted by Gasteiger charge is -2.42. The van der Waals surface area contributed by atoms with Crippen molar-refractivity contribution < 1.29 is 29.1 Å². The van der Waals surface area contributed by atoms with Crippen LogP contribution in [0.5, 0.6) is 0 Å². The van der Waals surface area contributed by atoms with E-state index in [4.69, 9.17) is 5.73 Å². The highest BCUT2D eigenvalue weighted by Gasteiger charge is 2.45. The summed E-state index contributed by atoms with van der Waals surface area (Å²) < 4.78 is 0. The van der Waals surface area contributed by atoms with Crippen molar-refractivity contribution in [3.05, 3.63) is 35.9 Å². The average molecular weight is 518 g/mol. The fraction of sp³-hybridized carbons (Fsp3) is 0.577. The van der Waals surface area contributed by atoms with Gasteiger partial charge in [0.05, 0.1) is 11.8 Å². The first-order valence-electron chi connectivity index (χ1n) is 12.8. The molecule has 1 heterocycles. The van der Waals surface area contributed by atoms with Crippen molar-refractivity contribution in [3.8, 4) is 0 Å². The fourth-order valence-electron chi connectivity index (χ4n) is 4.71. The minimum atomic E-state index is -1.23. The summed E-state index contributed by atoms with van der Waals surface area (Å²) in [6.07, 6.45) is 1.92. The number of nitrogens with one attached hydrogen (secondary N) is 3. The highest BCUT2D eigenvalue weighted by Crippen LogP contribution is 2.36. The molecule has 0 saturated carbocycles. The van der Waals surface area contributed by atoms with Crippen molar-refractivity contribution in [2.24, 2.45) is 5.73 Å². The standard InChI is InChI=1S/C26H39N5O6/c1-3-28-23(35)21(17-22(33)34)30-25(37)26(19-9-5-4-6-10-19)12-15-31(16-13-26)24(36)20(29-18(2)32)11-7-8-14-27/h4-6,9-10,20-21H,3,7-8,11-17,27H2,1-2H3,(H,28,35)(H,29,32)(H,30,37)(H,33,34)/t20-,21-/m0/s1. The van der Waals surface area contributed by atoms with Crippen LogP contribution in [0.25, 0.3) is 0 Å². The van der Waals surface area contributed by atoms with Crippen molar-refractivity contribution in [3.63, 3.8) is 0 Å². The van der Waals surface area contributed by atoms with E-state index in [1.54, 1.807) is 11.8 Å². The number of carboxylic acid groups (broad SMARTS) is 1. The van der Waals surface area contributed by atoms with Gasteiger partial charge >= 0.3 is 5.97 Å². The Bertz CT molecular complexity index is 946. The highest BCUT2D eigenvalue weighted by molar-refractivity contribution is 5.95. The first-order chi connectivity index (χ1) is 17.6. The Morgan fingerprint density at radius 3 is 2.22 bits per heavy atom. The van der Waals surface area contributed by atoms with Gasteiger partial charge in [0.1, 0.15) is 12.1 Å². The molecule has 0 unspecified atom stereocenters. The minimum absolute atomic E-state index is 0.208. The molecule has 6 N–H and O–H groups in total. The molecular weight excluding hydrogens is 478 g/mol. The average Bonchev–Trinajstić information content (AvgIpc) is 2.87. The number of rotatable bonds is 13. The third-order valence-corrected chi connectivity index (χ3v) is 6.66. The summed E-state index contributed by atoms with van der Waals surface area (Å²) in [4.78, 5) is 64.1. The molecule has 2 rings (SSSR count). The van der Waals surface area contributed by atoms with Crippen molar-refractivity contribution in [2.45, 2.75) is 69.9 Å². The Balaban J connectivity index is 2.25. The maximum absolute atomic E-state index is 13.7. The van der Waals surface area contributed by atoms with E-state index in [0.29, 0.717) is 25.9 Å². The number of likely N-dealkylation sites (N-methyl/N-ethyl adjacent to an activating group) is 1. The SMILES string of the molecule is CCNC(=O)[C@H](CC(=O)O)NC(=O)C1(c2ccccc2)CCN(C(=O)[C@H](CCCCN)NC(C)=O)CC1. The van der Waals surface area contributed by atoms with Crippen LogP contribution in [0.1, 0.15) is 57.9 Å². The first kappa shape index (κ1) is 29.8. The van der Waals surface area contributed by atoms with Gasteiger partial charge in [0.15, 0.2) is 0 Å². The lowest BCUT2D eigenvalue weighted by molar-refractivity contribution is -0.143. The number of amides is 4. The summed E-state index contributed by atoms with van der Waals surface area (Å²) in [5.41, 5.74) is 5.24. The van der Waals surface area contributed by atoms with E-state index in [0.717, 1.165) is 12.0 Å². The molecule has 0 aliphatic carbocycles. The molecule has 11 nitrogen and oxygen atoms in total. The fourth-order valence-corrected chi connectivity index (χ4v) is 4.71. The predicted molar refractivity (Wildman–Crippen MR) is 137 cm³/mol. The Morgan fingerprint density at radius 2 is 1.68 bits per heavy atom. The summed E-state index contributed by atoms with van der Waals surface area (Å²) in [5, 5.41) is 17.2. The second kappa shape index (κ2) is 14.3. The predicted octanol–water partition coefficient (Wildman–Crippen LogP) is 0.276. The quantitative estimate of drug-likeness (QED) is 0.234. The minimum Gasteiger partial charge on any atom is -0.481 e. The summed E-state index contributed by atoms with van der Waals surface area (Å²) in [6, 6.07) is 7.20. The number of carbonyl (C=O) groups is 5. The molecule has 37 heavy (non-hydrogen) atoms. The highest BCUT2D eigenvalue weighted by atomic mass is 16.4. The second-order valence-electron chi connectivity index (χ2n) is 9.33. The van der Waals surface area contributed by atoms with Crippen LogP contribution >= 0.6 is 0 Å². The normalized spacial score (nSPS) is 16.2. The van der Waals surface area contributed by atoms with Gasteiger partial charge in [-0.15, -0.1) is 0 Å². The van der Waals surface area contributed by atoms with E-state index in [1.807, 2.05) is 30.3 Å². The Kier molecular flexibility index (Phi) is 11.5. The molecule has 0 aromatic heterocycles. The number of carboxylic acids is 1. The molecular formula is C26H39N5O6. The number of nitrogens with two attached hydrogens (primary N) is 1. The number of piperidine rings is 1. The smallest absolute Gasteiger partial charge is 0.305 e. The van der Waals surface area contributed by atoms with Crippen molar-refractivity contribution in [2.75, 3.05) is 26.2 Å². The van der Waals surface area contributed by atoms with Gasteiger partial charge in [-0.25, -0.2) is 0 Å². The number of carbonyl (C=O) groups excluding carboxylic acids is 4. The van der Waals surface area contributed by atoms with E-state index in [2.05, 4.69) is 16.0 Å². The molecule has 1 fully saturated rings. The zero-order chi connectivity index (χ0) is 27.4. The summed E-state index contributed by atoms with van der Waals surface area (Å²) in [5.74, 6) is -2.73. The Hall–Kier alpha value is -3.47. The molecule has 0 bridgehead atoms. The van der Waals surface area contributed by atoms with E-state index in [1.165, 1.54) is 6.92 Å². The summed E-state index contributed by atoms with van der Waals surface area (Å²) in [6.45, 7) is 4.40. The van der Waals surface area contributed by atoms with Crippen LogP contribution in [0.3, 0.4) is 0 Å². The van der Waals surface area contributed by atoms with E-state index in [9.17, 15) is 29.1 Å². The van der Waals surface area contributed by atoms with Crippen LogP contribution in [0.15, 0.2) is 30.3 Å². The van der Waals surface area contributed by atoms with Gasteiger partial charge in [-0.1, -0.05) is 30.3 Å². The Labute approximate surface area is 217 Å². The molecule has 204 valence electrons. The summed E-state index contributed by atoms with van der Waals surface area (Å²) in [7, 11) is 0.